The molecule has 2 heterocycles. The molecule has 1 aromatic rings. The summed E-state index contributed by atoms with van der Waals surface area (Å²) < 4.78 is 0. The van der Waals surface area contributed by atoms with Crippen LogP contribution in [0.5, 0.6) is 0 Å². The predicted molar refractivity (Wildman–Crippen MR) is 96.2 cm³/mol. The minimum absolute atomic E-state index is 0.0190. The number of amides is 2. The van der Waals surface area contributed by atoms with Crippen LogP contribution < -0.4 is 0 Å². The van der Waals surface area contributed by atoms with Gasteiger partial charge in [0.2, 0.25) is 5.91 Å². The van der Waals surface area contributed by atoms with Gasteiger partial charge in [0, 0.05) is 32.3 Å². The first-order valence-corrected chi connectivity index (χ1v) is 8.56. The van der Waals surface area contributed by atoms with Crippen LogP contribution in [-0.2, 0) is 9.59 Å². The molecule has 3 atom stereocenters. The first-order chi connectivity index (χ1) is 11.8. The fourth-order valence-corrected chi connectivity index (χ4v) is 3.79. The molecule has 134 valence electrons. The minimum atomic E-state index is -0.405. The topological polar surface area (TPSA) is 47.1 Å². The first kappa shape index (κ1) is 17.5. The highest BCUT2D eigenvalue weighted by atomic mass is 16.2. The van der Waals surface area contributed by atoms with Crippen LogP contribution in [0.1, 0.15) is 24.9 Å². The number of carbonyl (C=O) groups is 2. The summed E-state index contributed by atoms with van der Waals surface area (Å²) in [4.78, 5) is 33.4. The molecule has 0 saturated carbocycles. The second kappa shape index (κ2) is 6.52. The molecule has 0 unspecified atom stereocenters. The minimum Gasteiger partial charge on any atom is -0.383 e. The van der Waals surface area contributed by atoms with Crippen molar-refractivity contribution in [1.82, 2.24) is 19.6 Å². The average molecular weight is 342 g/mol. The van der Waals surface area contributed by atoms with E-state index in [1.807, 2.05) is 86.3 Å². The number of carbonyl (C=O) groups excluding carboxylic acids is 2. The zero-order valence-corrected chi connectivity index (χ0v) is 15.5. The molecular formula is C19H26N4O2. The summed E-state index contributed by atoms with van der Waals surface area (Å²) in [6.07, 6.45) is 1.93. The Balaban J connectivity index is 1.96. The fourth-order valence-electron chi connectivity index (χ4n) is 3.79. The van der Waals surface area contributed by atoms with E-state index in [9.17, 15) is 9.59 Å². The Hall–Kier alpha value is -2.34. The summed E-state index contributed by atoms with van der Waals surface area (Å²) in [7, 11) is 7.59. The van der Waals surface area contributed by atoms with Gasteiger partial charge in [-0.2, -0.15) is 0 Å². The maximum absolute atomic E-state index is 13.2. The molecule has 2 saturated heterocycles. The summed E-state index contributed by atoms with van der Waals surface area (Å²) in [5.41, 5.74) is 1.77. The van der Waals surface area contributed by atoms with Gasteiger partial charge in [0.15, 0.2) is 6.29 Å². The second-order valence-electron chi connectivity index (χ2n) is 7.19. The number of fused-ring (bicyclic) bond motifs is 1. The molecule has 2 amide bonds. The lowest BCUT2D eigenvalue weighted by atomic mass is 10.1. The Bertz CT molecular complexity index is 699. The first-order valence-electron chi connectivity index (χ1n) is 8.56. The Morgan fingerprint density at radius 2 is 1.76 bits per heavy atom. The van der Waals surface area contributed by atoms with Crippen molar-refractivity contribution in [2.24, 2.45) is 0 Å². The average Bonchev–Trinajstić information content (AvgIpc) is 3.03. The van der Waals surface area contributed by atoms with Crippen molar-refractivity contribution in [2.75, 3.05) is 28.2 Å². The van der Waals surface area contributed by atoms with E-state index in [-0.39, 0.29) is 24.1 Å². The van der Waals surface area contributed by atoms with Crippen LogP contribution in [-0.4, -0.2) is 71.9 Å². The summed E-state index contributed by atoms with van der Waals surface area (Å²) in [5.74, 6) is -0.0286. The van der Waals surface area contributed by atoms with E-state index in [0.717, 1.165) is 5.56 Å². The SMILES string of the molecule is C[C@@H](c1ccccc1)N1C(=O)[C@@H]2C/C(=C\N(C)C)C(=O)N2[C@H]1N(C)C. The van der Waals surface area contributed by atoms with Crippen LogP contribution in [0.3, 0.4) is 0 Å². The Morgan fingerprint density at radius 3 is 2.32 bits per heavy atom. The third kappa shape index (κ3) is 2.91. The molecular weight excluding hydrogens is 316 g/mol. The molecule has 6 heteroatoms. The third-order valence-electron chi connectivity index (χ3n) is 4.87. The van der Waals surface area contributed by atoms with Crippen LogP contribution >= 0.6 is 0 Å². The Kier molecular flexibility index (Phi) is 4.56. The van der Waals surface area contributed by atoms with Gasteiger partial charge in [0.1, 0.15) is 6.04 Å². The van der Waals surface area contributed by atoms with E-state index >= 15 is 0 Å². The number of rotatable bonds is 4. The number of hydrogen-bond acceptors (Lipinski definition) is 4. The normalized spacial score (nSPS) is 25.9. The lowest BCUT2D eigenvalue weighted by Gasteiger charge is -2.37. The molecule has 0 bridgehead atoms. The van der Waals surface area contributed by atoms with Crippen molar-refractivity contribution in [3.63, 3.8) is 0 Å². The van der Waals surface area contributed by atoms with E-state index in [0.29, 0.717) is 12.0 Å². The van der Waals surface area contributed by atoms with Crippen LogP contribution in [0.25, 0.3) is 0 Å². The van der Waals surface area contributed by atoms with Gasteiger partial charge in [-0.1, -0.05) is 30.3 Å². The van der Waals surface area contributed by atoms with E-state index in [2.05, 4.69) is 0 Å². The molecule has 2 aliphatic rings. The fraction of sp³-hybridized carbons (Fsp3) is 0.474. The summed E-state index contributed by atoms with van der Waals surface area (Å²) in [6.45, 7) is 2.02. The smallest absolute Gasteiger partial charge is 0.254 e. The zero-order valence-electron chi connectivity index (χ0n) is 15.5. The van der Waals surface area contributed by atoms with Gasteiger partial charge in [-0.05, 0) is 26.6 Å². The van der Waals surface area contributed by atoms with Crippen molar-refractivity contribution in [1.29, 1.82) is 0 Å². The van der Waals surface area contributed by atoms with Crippen molar-refractivity contribution in [3.05, 3.63) is 47.7 Å². The highest BCUT2D eigenvalue weighted by Gasteiger charge is 2.55. The van der Waals surface area contributed by atoms with Gasteiger partial charge < -0.3 is 9.80 Å². The summed E-state index contributed by atoms with van der Waals surface area (Å²) >= 11 is 0. The largest absolute Gasteiger partial charge is 0.383 e. The van der Waals surface area contributed by atoms with Gasteiger partial charge in [0.05, 0.1) is 6.04 Å². The molecule has 0 radical (unpaired) electrons. The van der Waals surface area contributed by atoms with Crippen LogP contribution in [0, 0.1) is 0 Å². The molecule has 0 aliphatic carbocycles. The highest BCUT2D eigenvalue weighted by Crippen LogP contribution is 2.39. The van der Waals surface area contributed by atoms with Crippen molar-refractivity contribution >= 4 is 11.8 Å². The molecule has 1 aromatic carbocycles. The summed E-state index contributed by atoms with van der Waals surface area (Å²) in [5, 5.41) is 0. The van der Waals surface area contributed by atoms with Gasteiger partial charge >= 0.3 is 0 Å². The molecule has 3 rings (SSSR count). The molecule has 0 N–H and O–H groups in total. The maximum Gasteiger partial charge on any atom is 0.254 e. The monoisotopic (exact) mass is 342 g/mol. The van der Waals surface area contributed by atoms with Crippen LogP contribution in [0.2, 0.25) is 0 Å². The molecule has 2 fully saturated rings. The van der Waals surface area contributed by atoms with Crippen molar-refractivity contribution in [2.45, 2.75) is 31.7 Å². The van der Waals surface area contributed by atoms with E-state index < -0.39 is 6.04 Å². The van der Waals surface area contributed by atoms with Gasteiger partial charge in [-0.25, -0.2) is 0 Å². The quantitative estimate of drug-likeness (QED) is 0.778. The van der Waals surface area contributed by atoms with E-state index in [1.54, 1.807) is 4.90 Å². The number of nitrogens with zero attached hydrogens (tertiary/aromatic N) is 4. The van der Waals surface area contributed by atoms with Crippen LogP contribution in [0.15, 0.2) is 42.1 Å². The number of benzene rings is 1. The van der Waals surface area contributed by atoms with Crippen molar-refractivity contribution < 1.29 is 9.59 Å². The zero-order chi connectivity index (χ0) is 18.3. The Morgan fingerprint density at radius 1 is 1.12 bits per heavy atom. The lowest BCUT2D eigenvalue weighted by molar-refractivity contribution is -0.137. The molecule has 6 nitrogen and oxygen atoms in total. The predicted octanol–water partition coefficient (Wildman–Crippen LogP) is 1.48. The standard InChI is InChI=1S/C19H26N4O2/c1-13(14-9-7-6-8-10-14)22-18(25)16-11-15(12-20(2)3)17(24)23(16)19(22)21(4)5/h6-10,12-13,16,19H,11H2,1-5H3/b15-12+/t13-,16-,19-/m0/s1. The highest BCUT2D eigenvalue weighted by molar-refractivity contribution is 6.03. The van der Waals surface area contributed by atoms with Gasteiger partial charge in [-0.15, -0.1) is 0 Å². The maximum atomic E-state index is 13.2. The second-order valence-corrected chi connectivity index (χ2v) is 7.19. The molecule has 0 aromatic heterocycles. The van der Waals surface area contributed by atoms with Crippen LogP contribution in [0.4, 0.5) is 0 Å². The Labute approximate surface area is 149 Å². The molecule has 2 aliphatic heterocycles. The molecule has 0 spiro atoms. The van der Waals surface area contributed by atoms with Gasteiger partial charge in [0.25, 0.3) is 5.91 Å². The number of hydrogen-bond donors (Lipinski definition) is 0. The van der Waals surface area contributed by atoms with Gasteiger partial charge in [-0.3, -0.25) is 19.4 Å². The lowest BCUT2D eigenvalue weighted by Crippen LogP contribution is -2.51. The molecule has 25 heavy (non-hydrogen) atoms. The van der Waals surface area contributed by atoms with E-state index in [4.69, 9.17) is 0 Å². The summed E-state index contributed by atoms with van der Waals surface area (Å²) in [6, 6.07) is 9.45. The van der Waals surface area contributed by atoms with Crippen molar-refractivity contribution in [3.8, 4) is 0 Å². The van der Waals surface area contributed by atoms with E-state index in [1.165, 1.54) is 0 Å². The third-order valence-corrected chi connectivity index (χ3v) is 4.87.